The molecule has 3 aliphatic rings. The summed E-state index contributed by atoms with van der Waals surface area (Å²) in [5, 5.41) is 25.2. The first-order valence-electron chi connectivity index (χ1n) is 43.1. The number of unbranched alkanes of at least 4 members (excludes halogenated alkanes) is 2. The number of amides is 3. The van der Waals surface area contributed by atoms with Gasteiger partial charge in [0.05, 0.1) is 38.8 Å². The highest BCUT2D eigenvalue weighted by molar-refractivity contribution is 7.94. The Balaban J connectivity index is 0.000000250. The number of nitrogens with one attached hydrogen (secondary N) is 3. The predicted molar refractivity (Wildman–Crippen MR) is 490 cm³/mol. The Bertz CT molecular complexity index is 5380. The zero-order valence-electron chi connectivity index (χ0n) is 77.7. The van der Waals surface area contributed by atoms with Crippen LogP contribution < -0.4 is 44.4 Å². The summed E-state index contributed by atoms with van der Waals surface area (Å²) in [5.74, 6) is 1.13. The average molecular weight is 1950 g/mol. The van der Waals surface area contributed by atoms with Crippen LogP contribution in [0.3, 0.4) is 0 Å². The van der Waals surface area contributed by atoms with Gasteiger partial charge in [-0.3, -0.25) is 33.8 Å². The highest BCUT2D eigenvalue weighted by Crippen LogP contribution is 2.43. The van der Waals surface area contributed by atoms with Crippen LogP contribution >= 0.6 is 0 Å². The summed E-state index contributed by atoms with van der Waals surface area (Å²) < 4.78 is 221. The lowest BCUT2D eigenvalue weighted by Crippen LogP contribution is -2.57. The fourth-order valence-corrected chi connectivity index (χ4v) is 19.4. The van der Waals surface area contributed by atoms with Crippen molar-refractivity contribution in [3.05, 3.63) is 169 Å². The number of alkyl halides is 9. The maximum Gasteiger partial charge on any atom is 0.573 e. The first-order valence-corrected chi connectivity index (χ1v) is 54.6. The number of ether oxygens (including phenoxy) is 6. The monoisotopic (exact) mass is 1950 g/mol. The summed E-state index contributed by atoms with van der Waals surface area (Å²) >= 11 is 0. The van der Waals surface area contributed by atoms with Crippen molar-refractivity contribution in [2.45, 2.75) is 243 Å². The second-order valence-corrected chi connectivity index (χ2v) is 54.9. The number of carbonyl (C=O) groups is 3. The van der Waals surface area contributed by atoms with E-state index in [9.17, 15) is 79.2 Å². The molecule has 3 aliphatic heterocycles. The van der Waals surface area contributed by atoms with Crippen LogP contribution in [0.4, 0.5) is 39.5 Å². The van der Waals surface area contributed by atoms with Crippen molar-refractivity contribution >= 4 is 63.4 Å². The number of aryl methyl sites for hydroxylation is 2. The molecule has 0 atom stereocenters. The van der Waals surface area contributed by atoms with E-state index in [4.69, 9.17) is 20.6 Å². The number of nitrogens with zero attached hydrogens (tertiary/aromatic N) is 9. The largest absolute Gasteiger partial charge is 0.573 e. The Morgan fingerprint density at radius 2 is 0.689 bits per heavy atom. The normalized spacial score (nSPS) is 15.8. The summed E-state index contributed by atoms with van der Waals surface area (Å²) in [7, 11) is -9.73. The van der Waals surface area contributed by atoms with Gasteiger partial charge in [0, 0.05) is 109 Å². The predicted octanol–water partition coefficient (Wildman–Crippen LogP) is 18.3. The highest BCUT2D eigenvalue weighted by Gasteiger charge is 2.56. The van der Waals surface area contributed by atoms with Crippen molar-refractivity contribution < 1.29 is 108 Å². The van der Waals surface area contributed by atoms with Crippen molar-refractivity contribution in [1.82, 2.24) is 60.6 Å². The van der Waals surface area contributed by atoms with E-state index in [0.717, 1.165) is 86.6 Å². The molecule has 2 aromatic heterocycles. The number of hydrogen-bond acceptors (Lipinski definition) is 22. The van der Waals surface area contributed by atoms with Crippen molar-refractivity contribution in [2.75, 3.05) is 67.0 Å². The van der Waals surface area contributed by atoms with E-state index < -0.39 is 114 Å². The van der Waals surface area contributed by atoms with E-state index >= 15 is 0 Å². The van der Waals surface area contributed by atoms with Crippen LogP contribution in [0.2, 0.25) is 49.4 Å². The van der Waals surface area contributed by atoms with Crippen molar-refractivity contribution in [3.63, 3.8) is 0 Å². The molecule has 132 heavy (non-hydrogen) atoms. The number of hydrogen-bond donors (Lipinski definition) is 3. The van der Waals surface area contributed by atoms with Crippen LogP contribution in [0.15, 0.2) is 173 Å². The molecular formula is C91H123F9N12O15S3Si2. The Morgan fingerprint density at radius 1 is 0.424 bits per heavy atom. The highest BCUT2D eigenvalue weighted by atomic mass is 32.2. The van der Waals surface area contributed by atoms with Crippen LogP contribution in [0, 0.1) is 12.3 Å². The van der Waals surface area contributed by atoms with Crippen LogP contribution in [0.5, 0.6) is 51.7 Å². The molecule has 6 aromatic carbocycles. The fraction of sp³-hybridized carbons (Fsp3) is 0.505. The van der Waals surface area contributed by atoms with Gasteiger partial charge < -0.3 is 44.4 Å². The third-order valence-electron chi connectivity index (χ3n) is 24.1. The molecule has 3 fully saturated rings. The smallest absolute Gasteiger partial charge is 0.457 e. The molecule has 3 saturated heterocycles. The first-order chi connectivity index (χ1) is 61.4. The number of aromatic nitrogens is 6. The van der Waals surface area contributed by atoms with E-state index in [-0.39, 0.29) is 87.7 Å². The minimum atomic E-state index is -4.80. The molecule has 0 bridgehead atoms. The fourth-order valence-electron chi connectivity index (χ4n) is 13.4. The van der Waals surface area contributed by atoms with E-state index in [2.05, 4.69) is 161 Å². The van der Waals surface area contributed by atoms with Gasteiger partial charge in [0.15, 0.2) is 43.8 Å². The SMILES string of the molecule is C#CCN1CCC(C(=O)NC)(S(=O)(=O)c2ccc(Oc3ccc(OC(F)(F)F)cc3)cc2)CC1.CC(C)(C)[Si](C)(C)C.CC(C)(C)[Si](C)(C)C.CCCCn1cc(CN2CCC(C(=O)NC)(S(=O)(=O)c3ccc(Oc4ccc(OC(F)(F)F)cc4)cc3)CC2)nn1.CCCCn1nncc1CN1CCC(C(=O)NC)(S(=O)(=O)c2ccc(Oc3ccc(OC(F)(F)F)cc3)cc2)CC1. The third kappa shape index (κ3) is 30.0. The summed E-state index contributed by atoms with van der Waals surface area (Å²) in [6.45, 7) is 37.9. The first kappa shape index (κ1) is 109. The molecule has 27 nitrogen and oxygen atoms in total. The minimum absolute atomic E-state index is 0.0299. The number of halogens is 9. The van der Waals surface area contributed by atoms with Gasteiger partial charge in [-0.2, -0.15) is 0 Å². The molecule has 0 unspecified atom stereocenters. The van der Waals surface area contributed by atoms with Crippen molar-refractivity contribution in [1.29, 1.82) is 0 Å². The van der Waals surface area contributed by atoms with Gasteiger partial charge >= 0.3 is 19.1 Å². The molecule has 3 amide bonds. The van der Waals surface area contributed by atoms with E-state index in [1.165, 1.54) is 130 Å². The maximum absolute atomic E-state index is 13.9. The molecule has 3 N–H and O–H groups in total. The molecule has 8 aromatic rings. The molecule has 726 valence electrons. The Morgan fingerprint density at radius 3 is 0.955 bits per heavy atom. The van der Waals surface area contributed by atoms with Gasteiger partial charge in [-0.05, 0) is 207 Å². The van der Waals surface area contributed by atoms with E-state index in [0.29, 0.717) is 69.0 Å². The average Bonchev–Trinajstić information content (AvgIpc) is 0.786. The van der Waals surface area contributed by atoms with Gasteiger partial charge in [-0.1, -0.05) is 124 Å². The lowest BCUT2D eigenvalue weighted by molar-refractivity contribution is -0.275. The summed E-state index contributed by atoms with van der Waals surface area (Å²) in [5.41, 5.74) is 1.72. The Kier molecular flexibility index (Phi) is 37.8. The Labute approximate surface area is 770 Å². The minimum Gasteiger partial charge on any atom is -0.457 e. The van der Waals surface area contributed by atoms with E-state index in [1.807, 2.05) is 15.8 Å². The number of terminal acetylenes is 1. The molecule has 0 saturated carbocycles. The molecular weight excluding hydrogens is 1820 g/mol. The number of carbonyl (C=O) groups excluding carboxylic acids is 3. The third-order valence-corrected chi connectivity index (χ3v) is 40.6. The van der Waals surface area contributed by atoms with Gasteiger partial charge in [-0.15, -0.1) is 56.1 Å². The lowest BCUT2D eigenvalue weighted by atomic mass is 9.94. The summed E-state index contributed by atoms with van der Waals surface area (Å²) in [6.07, 6.45) is -0.810. The number of piperidine rings is 3. The number of likely N-dealkylation sites (tertiary alicyclic amines) is 3. The quantitative estimate of drug-likeness (QED) is 0.0223. The second-order valence-electron chi connectivity index (χ2n) is 36.2. The second kappa shape index (κ2) is 45.8. The standard InChI is InChI=1S/2C27H32F3N5O5S.C23H23F3N2O5S.2C7H18Si/c1-3-4-15-35-19-20(32-33-35)18-34-16-13-26(14-17-34,25(36)31-2)41(37,38)24-11-9-22(10-12-24)39-21-5-7-23(8-6-21)40-27(28,29)30;1-3-4-15-35-20(18-32-33-35)19-34-16-13-26(14-17-34,25(36)31-2)41(37,38)24-11-9-22(10-12-24)39-21-5-7-23(8-6-21)40-27(28,29)30;1-3-14-28-15-12-22(13-16-28,21(29)27-2)34(30,31)20-10-8-18(9-11-20)32-17-4-6-19(7-5-17)33-23(24,25)26;2*1-7(2,3)8(4,5)6/h5-12,19H,3-4,13-18H2,1-2H3,(H,31,36);5-12,18H,3-4,13-17,19H2,1-2H3,(H,31,36);1,4-11H,12-16H2,2H3,(H,27,29);2*1-6H3. The van der Waals surface area contributed by atoms with Gasteiger partial charge in [0.25, 0.3) is 0 Å². The summed E-state index contributed by atoms with van der Waals surface area (Å²) in [4.78, 5) is 44.9. The Hall–Kier alpha value is -10.1. The molecule has 0 radical (unpaired) electrons. The number of rotatable bonds is 29. The zero-order valence-corrected chi connectivity index (χ0v) is 82.2. The molecule has 11 rings (SSSR count). The lowest BCUT2D eigenvalue weighted by Gasteiger charge is -2.39. The maximum atomic E-state index is 13.9. The van der Waals surface area contributed by atoms with E-state index in [1.54, 1.807) is 10.9 Å². The number of sulfone groups is 3. The van der Waals surface area contributed by atoms with Gasteiger partial charge in [0.1, 0.15) is 51.7 Å². The van der Waals surface area contributed by atoms with Crippen LogP contribution in [0.1, 0.15) is 131 Å². The van der Waals surface area contributed by atoms with Crippen LogP contribution in [-0.4, -0.2) is 204 Å². The number of benzene rings is 6. The molecule has 0 spiro atoms. The van der Waals surface area contributed by atoms with Crippen molar-refractivity contribution in [2.24, 2.45) is 0 Å². The topological polar surface area (TPSA) is 316 Å². The van der Waals surface area contributed by atoms with Crippen LogP contribution in [-0.2, 0) is 70.1 Å². The van der Waals surface area contributed by atoms with Crippen molar-refractivity contribution in [3.8, 4) is 64.1 Å². The molecule has 0 aliphatic carbocycles. The molecule has 5 heterocycles. The van der Waals surface area contributed by atoms with Gasteiger partial charge in [-0.25, -0.2) is 29.9 Å². The summed E-state index contributed by atoms with van der Waals surface area (Å²) in [6, 6.07) is 31.1. The molecule has 41 heteroatoms. The zero-order chi connectivity index (χ0) is 98.3. The van der Waals surface area contributed by atoms with Gasteiger partial charge in [0.2, 0.25) is 17.7 Å². The van der Waals surface area contributed by atoms with Crippen LogP contribution in [0.25, 0.3) is 0 Å².